The first-order valence-electron chi connectivity index (χ1n) is 3.54. The van der Waals surface area contributed by atoms with E-state index in [2.05, 4.69) is 15.9 Å². The first-order valence-corrected chi connectivity index (χ1v) is 4.71. The molecule has 12 heavy (non-hydrogen) atoms. The molecule has 1 radical (unpaired) electrons. The van der Waals surface area contributed by atoms with Gasteiger partial charge in [-0.15, -0.1) is 0 Å². The maximum Gasteiger partial charge on any atom is 0.0535 e. The number of rotatable bonds is 2. The lowest BCUT2D eigenvalue weighted by molar-refractivity contribution is 0.315. The standard InChI is InChI=1S/C9H9BrClO/c1-6(5-12)8-4-7(10)2-3-9(8)11/h2-4,12H,5H2,1H3. The van der Waals surface area contributed by atoms with Crippen LogP contribution in [0.25, 0.3) is 0 Å². The van der Waals surface area contributed by atoms with Crippen molar-refractivity contribution in [3.63, 3.8) is 0 Å². The third kappa shape index (κ3) is 2.22. The minimum atomic E-state index is 0.0379. The molecule has 0 amide bonds. The van der Waals surface area contributed by atoms with Crippen molar-refractivity contribution in [2.45, 2.75) is 6.92 Å². The van der Waals surface area contributed by atoms with E-state index in [1.165, 1.54) is 0 Å². The molecular weight excluding hydrogens is 239 g/mol. The second kappa shape index (κ2) is 4.26. The van der Waals surface area contributed by atoms with E-state index in [9.17, 15) is 0 Å². The van der Waals surface area contributed by atoms with Crippen LogP contribution in [0.1, 0.15) is 12.5 Å². The Balaban J connectivity index is 3.04. The summed E-state index contributed by atoms with van der Waals surface area (Å²) in [7, 11) is 0. The Morgan fingerprint density at radius 1 is 1.58 bits per heavy atom. The summed E-state index contributed by atoms with van der Waals surface area (Å²) in [6, 6.07) is 5.57. The van der Waals surface area contributed by atoms with E-state index in [0.29, 0.717) is 5.02 Å². The van der Waals surface area contributed by atoms with Crippen LogP contribution in [-0.4, -0.2) is 11.7 Å². The van der Waals surface area contributed by atoms with Gasteiger partial charge < -0.3 is 5.11 Å². The molecule has 0 unspecified atom stereocenters. The van der Waals surface area contributed by atoms with Crippen LogP contribution in [-0.2, 0) is 0 Å². The van der Waals surface area contributed by atoms with Gasteiger partial charge in [-0.05, 0) is 23.8 Å². The van der Waals surface area contributed by atoms with Gasteiger partial charge in [0.2, 0.25) is 0 Å². The third-order valence-electron chi connectivity index (χ3n) is 1.63. The first kappa shape index (κ1) is 10.0. The molecule has 3 heteroatoms. The number of hydrogen-bond donors (Lipinski definition) is 1. The normalized spacial score (nSPS) is 10.8. The Morgan fingerprint density at radius 3 is 2.83 bits per heavy atom. The van der Waals surface area contributed by atoms with Gasteiger partial charge >= 0.3 is 0 Å². The zero-order valence-electron chi connectivity index (χ0n) is 6.64. The second-order valence-electron chi connectivity index (χ2n) is 2.56. The molecule has 0 aliphatic heterocycles. The Labute approximate surface area is 85.5 Å². The van der Waals surface area contributed by atoms with Crippen molar-refractivity contribution in [1.82, 2.24) is 0 Å². The van der Waals surface area contributed by atoms with Gasteiger partial charge in [-0.1, -0.05) is 34.5 Å². The zero-order valence-corrected chi connectivity index (χ0v) is 8.98. The zero-order chi connectivity index (χ0) is 9.14. The summed E-state index contributed by atoms with van der Waals surface area (Å²) in [6.07, 6.45) is 0. The van der Waals surface area contributed by atoms with E-state index in [-0.39, 0.29) is 6.61 Å². The fraction of sp³-hybridized carbons (Fsp3) is 0.222. The van der Waals surface area contributed by atoms with Gasteiger partial charge in [0.05, 0.1) is 6.61 Å². The highest BCUT2D eigenvalue weighted by atomic mass is 79.9. The van der Waals surface area contributed by atoms with Crippen LogP contribution >= 0.6 is 27.5 Å². The van der Waals surface area contributed by atoms with Gasteiger partial charge in [0.25, 0.3) is 0 Å². The largest absolute Gasteiger partial charge is 0.395 e. The van der Waals surface area contributed by atoms with Crippen molar-refractivity contribution in [3.8, 4) is 0 Å². The van der Waals surface area contributed by atoms with E-state index in [1.54, 1.807) is 6.07 Å². The molecule has 0 spiro atoms. The van der Waals surface area contributed by atoms with E-state index in [1.807, 2.05) is 19.1 Å². The summed E-state index contributed by atoms with van der Waals surface area (Å²) in [6.45, 7) is 1.89. The van der Waals surface area contributed by atoms with Gasteiger partial charge in [-0.25, -0.2) is 0 Å². The van der Waals surface area contributed by atoms with Crippen LogP contribution in [0.4, 0.5) is 0 Å². The Morgan fingerprint density at radius 2 is 2.25 bits per heavy atom. The highest BCUT2D eigenvalue weighted by Gasteiger charge is 2.08. The topological polar surface area (TPSA) is 20.2 Å². The predicted octanol–water partition coefficient (Wildman–Crippen LogP) is 3.04. The quantitative estimate of drug-likeness (QED) is 0.853. The molecule has 0 aromatic heterocycles. The minimum Gasteiger partial charge on any atom is -0.395 e. The molecule has 0 aliphatic carbocycles. The number of aliphatic hydroxyl groups excluding tert-OH is 1. The van der Waals surface area contributed by atoms with E-state index in [0.717, 1.165) is 16.0 Å². The average molecular weight is 249 g/mol. The second-order valence-corrected chi connectivity index (χ2v) is 3.89. The molecule has 1 N–H and O–H groups in total. The Bertz CT molecular complexity index is 275. The molecule has 0 bridgehead atoms. The monoisotopic (exact) mass is 247 g/mol. The van der Waals surface area contributed by atoms with Gasteiger partial charge in [-0.2, -0.15) is 0 Å². The van der Waals surface area contributed by atoms with Gasteiger partial charge in [0.15, 0.2) is 0 Å². The molecule has 1 nitrogen and oxygen atoms in total. The van der Waals surface area contributed by atoms with Gasteiger partial charge in [-0.3, -0.25) is 0 Å². The van der Waals surface area contributed by atoms with Crippen molar-refractivity contribution in [1.29, 1.82) is 0 Å². The molecule has 0 saturated carbocycles. The number of aliphatic hydroxyl groups is 1. The van der Waals surface area contributed by atoms with Crippen LogP contribution in [0, 0.1) is 5.92 Å². The smallest absolute Gasteiger partial charge is 0.0535 e. The van der Waals surface area contributed by atoms with Gasteiger partial charge in [0, 0.05) is 15.4 Å². The van der Waals surface area contributed by atoms with Crippen molar-refractivity contribution in [2.75, 3.05) is 6.61 Å². The fourth-order valence-corrected chi connectivity index (χ4v) is 1.55. The Kier molecular flexibility index (Phi) is 3.56. The van der Waals surface area contributed by atoms with Crippen molar-refractivity contribution < 1.29 is 5.11 Å². The van der Waals surface area contributed by atoms with E-state index in [4.69, 9.17) is 16.7 Å². The highest BCUT2D eigenvalue weighted by molar-refractivity contribution is 9.10. The molecule has 65 valence electrons. The van der Waals surface area contributed by atoms with Crippen LogP contribution in [0.15, 0.2) is 22.7 Å². The maximum absolute atomic E-state index is 8.89. The fourth-order valence-electron chi connectivity index (χ4n) is 0.910. The molecule has 1 aromatic carbocycles. The SMILES string of the molecule is C[C](CO)c1cc(Br)ccc1Cl. The highest BCUT2D eigenvalue weighted by Crippen LogP contribution is 2.26. The Hall–Kier alpha value is -0.0500. The predicted molar refractivity (Wildman–Crippen MR) is 54.3 cm³/mol. The molecule has 0 fully saturated rings. The van der Waals surface area contributed by atoms with Crippen LogP contribution in [0.2, 0.25) is 5.02 Å². The van der Waals surface area contributed by atoms with Crippen LogP contribution < -0.4 is 0 Å². The lowest BCUT2D eigenvalue weighted by atomic mass is 10.0. The summed E-state index contributed by atoms with van der Waals surface area (Å²) in [5.41, 5.74) is 0.897. The summed E-state index contributed by atoms with van der Waals surface area (Å²) in [5, 5.41) is 9.56. The minimum absolute atomic E-state index is 0.0379. The number of benzene rings is 1. The summed E-state index contributed by atoms with van der Waals surface area (Å²) in [4.78, 5) is 0. The molecule has 0 saturated heterocycles. The average Bonchev–Trinajstić information content (AvgIpc) is 2.08. The molecule has 0 heterocycles. The van der Waals surface area contributed by atoms with E-state index < -0.39 is 0 Å². The third-order valence-corrected chi connectivity index (χ3v) is 2.45. The summed E-state index contributed by atoms with van der Waals surface area (Å²) in [5.74, 6) is 0.876. The molecular formula is C9H9BrClO. The summed E-state index contributed by atoms with van der Waals surface area (Å²) < 4.78 is 0.967. The lowest BCUT2D eigenvalue weighted by Crippen LogP contribution is -2.00. The van der Waals surface area contributed by atoms with Crippen molar-refractivity contribution >= 4 is 27.5 Å². The first-order chi connectivity index (χ1) is 5.65. The maximum atomic E-state index is 8.89. The number of hydrogen-bond acceptors (Lipinski definition) is 1. The van der Waals surface area contributed by atoms with Crippen LogP contribution in [0.5, 0.6) is 0 Å². The molecule has 1 rings (SSSR count). The molecule has 1 aromatic rings. The van der Waals surface area contributed by atoms with Crippen molar-refractivity contribution in [3.05, 3.63) is 39.2 Å². The number of halogens is 2. The summed E-state index contributed by atoms with van der Waals surface area (Å²) >= 11 is 9.26. The van der Waals surface area contributed by atoms with Gasteiger partial charge in [0.1, 0.15) is 0 Å². The van der Waals surface area contributed by atoms with E-state index >= 15 is 0 Å². The molecule has 0 aliphatic rings. The van der Waals surface area contributed by atoms with Crippen LogP contribution in [0.3, 0.4) is 0 Å². The molecule has 0 atom stereocenters. The van der Waals surface area contributed by atoms with Crippen molar-refractivity contribution in [2.24, 2.45) is 0 Å². The lowest BCUT2D eigenvalue weighted by Gasteiger charge is -2.09.